The number of nitrogens with one attached hydrogen (secondary N) is 1. The normalized spacial score (nSPS) is 55.6. The average Bonchev–Trinajstić information content (AvgIpc) is 4.04. The molecular weight excluding hydrogens is 1060 g/mol. The maximum absolute atomic E-state index is 14.6. The number of rotatable bonds is 4. The smallest absolute Gasteiger partial charge is 0.407 e. The zero-order valence-corrected chi connectivity index (χ0v) is 48.1. The minimum atomic E-state index is -0.940. The van der Waals surface area contributed by atoms with Crippen molar-refractivity contribution < 1.29 is 90.5 Å². The highest BCUT2D eigenvalue weighted by atomic mass is 16.8. The highest BCUT2D eigenvalue weighted by molar-refractivity contribution is 5.70. The van der Waals surface area contributed by atoms with Crippen LogP contribution in [0.1, 0.15) is 137 Å². The van der Waals surface area contributed by atoms with E-state index in [2.05, 4.69) is 52.7 Å². The second-order valence-corrected chi connectivity index (χ2v) is 27.7. The van der Waals surface area contributed by atoms with Gasteiger partial charge in [-0.2, -0.15) is 0 Å². The molecule has 16 aliphatic rings. The quantitative estimate of drug-likeness (QED) is 0.241. The summed E-state index contributed by atoms with van der Waals surface area (Å²) in [6, 6.07) is 0. The lowest BCUT2D eigenvalue weighted by molar-refractivity contribution is -0.370. The summed E-state index contributed by atoms with van der Waals surface area (Å²) in [6.07, 6.45) is 3.45. The number of amides is 1. The maximum Gasteiger partial charge on any atom is 0.407 e. The van der Waals surface area contributed by atoms with Gasteiger partial charge in [-0.1, -0.05) is 53.5 Å². The van der Waals surface area contributed by atoms with Crippen molar-refractivity contribution in [2.24, 2.45) is 23.7 Å². The molecule has 2 N–H and O–H groups in total. The first-order valence-corrected chi connectivity index (χ1v) is 31.5. The molecule has 3 spiro atoms. The monoisotopic (exact) mass is 1150 g/mol. The van der Waals surface area contributed by atoms with Gasteiger partial charge in [0.05, 0.1) is 110 Å². The maximum atomic E-state index is 14.6. The number of aliphatic hydroxyl groups excluding tert-OH is 1. The predicted molar refractivity (Wildman–Crippen MR) is 286 cm³/mol. The van der Waals surface area contributed by atoms with Crippen LogP contribution in [0, 0.1) is 23.7 Å². The van der Waals surface area contributed by atoms with E-state index in [1.165, 1.54) is 6.08 Å². The lowest BCUT2D eigenvalue weighted by Gasteiger charge is -2.54. The Kier molecular flexibility index (Phi) is 14.5. The third kappa shape index (κ3) is 9.91. The Balaban J connectivity index is 0.641. The van der Waals surface area contributed by atoms with Gasteiger partial charge < -0.3 is 86.2 Å². The summed E-state index contributed by atoms with van der Waals surface area (Å²) in [4.78, 5) is 26.8. The Morgan fingerprint density at radius 3 is 2.11 bits per heavy atom. The molecule has 16 saturated heterocycles. The number of ether oxygens (including phenoxy) is 16. The van der Waals surface area contributed by atoms with E-state index in [-0.39, 0.29) is 147 Å². The molecular formula is C62H87NO19. The van der Waals surface area contributed by atoms with Crippen LogP contribution in [0.4, 0.5) is 4.79 Å². The van der Waals surface area contributed by atoms with Gasteiger partial charge in [-0.3, -0.25) is 4.79 Å². The van der Waals surface area contributed by atoms with Crippen LogP contribution in [0.25, 0.3) is 0 Å². The SMILES string of the molecule is C=CCOC(=O)NCC1O[C@@H]2[C@H](C[C@H]1O)O[C@@]1(C[C@@H]2C)C[C@H](C)[C@@H]2O[C@]3(C[C@@H]2O1)C[C@H]1O[C@H]2[C@H](C)[C@H]4OC(=O)C[C@H]5CC[C@@H]6O[C@@H]7[C@H]8O[C@@H]9C[C@](CC[C@H]%10CC(=C)[C@H](CC[C@H]%11C[C@@H](C)C(=C)[C@@H](C[C@@H]4O[C@H]2C[C@H]1O3)O%11)O%10)(O[C@H]8[C@H]6O5)O[C@H]79. The number of aliphatic hydroxyl groups is 1. The fourth-order valence-electron chi connectivity index (χ4n) is 18.2. The second-order valence-electron chi connectivity index (χ2n) is 27.7. The van der Waals surface area contributed by atoms with Gasteiger partial charge in [-0.05, 0) is 73.8 Å². The lowest BCUT2D eigenvalue weighted by atomic mass is 9.78. The molecule has 20 heteroatoms. The van der Waals surface area contributed by atoms with Gasteiger partial charge in [0.15, 0.2) is 17.4 Å². The Labute approximate surface area is 480 Å². The Morgan fingerprint density at radius 2 is 1.26 bits per heavy atom. The minimum absolute atomic E-state index is 0.0116. The zero-order chi connectivity index (χ0) is 56.1. The number of carbonyl (C=O) groups excluding carboxylic acids is 2. The number of esters is 1. The second kappa shape index (κ2) is 21.3. The first-order chi connectivity index (χ1) is 39.5. The Morgan fingerprint density at radius 1 is 0.573 bits per heavy atom. The number of fused-ring (bicyclic) bond motifs is 10. The van der Waals surface area contributed by atoms with Crippen LogP contribution in [0.3, 0.4) is 0 Å². The van der Waals surface area contributed by atoms with Crippen LogP contribution in [0.15, 0.2) is 37.0 Å². The summed E-state index contributed by atoms with van der Waals surface area (Å²) in [7, 11) is 0. The molecule has 16 fully saturated rings. The van der Waals surface area contributed by atoms with Gasteiger partial charge in [0.2, 0.25) is 0 Å². The van der Waals surface area contributed by atoms with E-state index < -0.39 is 72.3 Å². The molecule has 16 aliphatic heterocycles. The lowest BCUT2D eigenvalue weighted by Crippen LogP contribution is -2.63. The zero-order valence-electron chi connectivity index (χ0n) is 48.1. The highest BCUT2D eigenvalue weighted by Crippen LogP contribution is 2.58. The average molecular weight is 1150 g/mol. The molecule has 0 saturated carbocycles. The highest BCUT2D eigenvalue weighted by Gasteiger charge is 2.70. The molecule has 0 aliphatic carbocycles. The van der Waals surface area contributed by atoms with E-state index in [0.29, 0.717) is 64.2 Å². The van der Waals surface area contributed by atoms with Crippen molar-refractivity contribution in [3.8, 4) is 0 Å². The van der Waals surface area contributed by atoms with Gasteiger partial charge in [-0.25, -0.2) is 4.79 Å². The van der Waals surface area contributed by atoms with Crippen LogP contribution in [-0.2, 0) is 80.6 Å². The van der Waals surface area contributed by atoms with Crippen molar-refractivity contribution in [2.75, 3.05) is 13.2 Å². The first kappa shape index (κ1) is 55.9. The van der Waals surface area contributed by atoms with Crippen LogP contribution in [0.2, 0.25) is 0 Å². The third-order valence-electron chi connectivity index (χ3n) is 22.0. The first-order valence-electron chi connectivity index (χ1n) is 31.5. The fourth-order valence-corrected chi connectivity index (χ4v) is 18.2. The standard InChI is InChI=1S/C62H87NO19/c1-8-15-67-59(66)63-27-48-37(64)19-44-50(75-48)30(4)22-61(78-44)23-31(5)51-47(79-61)26-62(80-51)24-45-41(77-62)21-43-52(73-45)33(7)53-42(71-43)20-40-32(6)28(2)16-34(69-40)9-11-38-29(3)17-36(68-38)13-14-60-25-46-55(81-60)56-57(74-46)58(82-60)54-39(72-56)12-10-35(70-54)18-49(65)76-53/h8,28,30-31,33-48,50-58,64H,1,3,6,9-27H2,2,4-5,7H3,(H,63,66)/t28-,30+,31+,33+,34+,35-,36+,37-,38+,39+,40-,41-,42+,43+,44+,45-,46-,47+,48?,50+,51+,52+,53-,54+,55+,56+,57-,58+,60+,61-,62+/m1/s1. The molecule has 0 aromatic rings. The van der Waals surface area contributed by atoms with Crippen molar-refractivity contribution in [1.29, 1.82) is 0 Å². The summed E-state index contributed by atoms with van der Waals surface area (Å²) in [5, 5.41) is 13.9. The third-order valence-corrected chi connectivity index (χ3v) is 22.0. The number of carbonyl (C=O) groups is 2. The molecule has 454 valence electrons. The summed E-state index contributed by atoms with van der Waals surface area (Å²) in [6.45, 7) is 21.6. The molecule has 0 aromatic carbocycles. The minimum Gasteiger partial charge on any atom is -0.459 e. The van der Waals surface area contributed by atoms with E-state index in [0.717, 1.165) is 49.7 Å². The largest absolute Gasteiger partial charge is 0.459 e. The van der Waals surface area contributed by atoms with Crippen molar-refractivity contribution in [3.05, 3.63) is 37.0 Å². The van der Waals surface area contributed by atoms with Gasteiger partial charge in [-0.15, -0.1) is 0 Å². The van der Waals surface area contributed by atoms with E-state index in [4.69, 9.17) is 75.8 Å². The Hall–Kier alpha value is -2.64. The molecule has 20 nitrogen and oxygen atoms in total. The van der Waals surface area contributed by atoms with Crippen LogP contribution < -0.4 is 5.32 Å². The molecule has 0 radical (unpaired) electrons. The molecule has 1 amide bonds. The molecule has 82 heavy (non-hydrogen) atoms. The van der Waals surface area contributed by atoms with E-state index >= 15 is 0 Å². The van der Waals surface area contributed by atoms with Gasteiger partial charge in [0, 0.05) is 70.3 Å². The number of alkyl carbamates (subject to hydrolysis) is 1. The van der Waals surface area contributed by atoms with Crippen molar-refractivity contribution in [3.63, 3.8) is 0 Å². The van der Waals surface area contributed by atoms with Crippen LogP contribution >= 0.6 is 0 Å². The van der Waals surface area contributed by atoms with Gasteiger partial charge >= 0.3 is 12.1 Å². The molecule has 16 heterocycles. The predicted octanol–water partition coefficient (Wildman–Crippen LogP) is 6.09. The van der Waals surface area contributed by atoms with Gasteiger partial charge in [0.1, 0.15) is 49.3 Å². The Bertz CT molecular complexity index is 2480. The van der Waals surface area contributed by atoms with E-state index in [9.17, 15) is 14.7 Å². The molecule has 0 aromatic heterocycles. The van der Waals surface area contributed by atoms with Crippen molar-refractivity contribution in [2.45, 2.75) is 301 Å². The van der Waals surface area contributed by atoms with Crippen LogP contribution in [-0.4, -0.2) is 194 Å². The van der Waals surface area contributed by atoms with E-state index in [1.54, 1.807) is 0 Å². The van der Waals surface area contributed by atoms with Crippen molar-refractivity contribution in [1.82, 2.24) is 5.32 Å². The molecule has 16 rings (SSSR count). The molecule has 1 unspecified atom stereocenters. The summed E-state index contributed by atoms with van der Waals surface area (Å²) < 4.78 is 109. The van der Waals surface area contributed by atoms with Gasteiger partial charge in [0.25, 0.3) is 0 Å². The van der Waals surface area contributed by atoms with Crippen molar-refractivity contribution >= 4 is 12.1 Å². The summed E-state index contributed by atoms with van der Waals surface area (Å²) in [5.74, 6) is -2.92. The van der Waals surface area contributed by atoms with Crippen LogP contribution in [0.5, 0.6) is 0 Å². The molecule has 12 bridgehead atoms. The number of hydrogen-bond acceptors (Lipinski definition) is 19. The molecule has 31 atom stereocenters. The fraction of sp³-hybridized carbons (Fsp3) is 0.871. The summed E-state index contributed by atoms with van der Waals surface area (Å²) in [5.41, 5.74) is 2.15. The summed E-state index contributed by atoms with van der Waals surface area (Å²) >= 11 is 0. The topological polar surface area (TPSA) is 214 Å². The number of hydrogen-bond donors (Lipinski definition) is 2. The van der Waals surface area contributed by atoms with E-state index in [1.807, 2.05) is 0 Å².